The fraction of sp³-hybridized carbons (Fsp3) is 0.500. The maximum absolute atomic E-state index is 13.7. The molecule has 1 heterocycles. The first-order valence-electron chi connectivity index (χ1n) is 7.10. The van der Waals surface area contributed by atoms with Gasteiger partial charge in [-0.1, -0.05) is 26.0 Å². The molecule has 4 heteroatoms. The fourth-order valence-electron chi connectivity index (χ4n) is 2.78. The average Bonchev–Trinajstić information content (AvgIpc) is 2.84. The van der Waals surface area contributed by atoms with E-state index in [0.717, 1.165) is 18.5 Å². The minimum absolute atomic E-state index is 0.256. The van der Waals surface area contributed by atoms with E-state index in [9.17, 15) is 4.39 Å². The van der Waals surface area contributed by atoms with Crippen molar-refractivity contribution in [3.8, 4) is 0 Å². The Kier molecular flexibility index (Phi) is 4.16. The van der Waals surface area contributed by atoms with Crippen LogP contribution in [0.2, 0.25) is 0 Å². The lowest BCUT2D eigenvalue weighted by atomic mass is 9.91. The highest BCUT2D eigenvalue weighted by molar-refractivity contribution is 5.78. The lowest BCUT2D eigenvalue weighted by Gasteiger charge is -2.40. The minimum atomic E-state index is -0.346. The van der Waals surface area contributed by atoms with Gasteiger partial charge >= 0.3 is 0 Å². The summed E-state index contributed by atoms with van der Waals surface area (Å²) in [6, 6.07) is 6.44. The molecule has 20 heavy (non-hydrogen) atoms. The van der Waals surface area contributed by atoms with Crippen molar-refractivity contribution in [3.05, 3.63) is 35.8 Å². The van der Waals surface area contributed by atoms with E-state index in [-0.39, 0.29) is 23.0 Å². The molecule has 1 aromatic heterocycles. The highest BCUT2D eigenvalue weighted by Crippen LogP contribution is 2.33. The molecule has 3 nitrogen and oxygen atoms in total. The highest BCUT2D eigenvalue weighted by atomic mass is 19.1. The molecule has 1 atom stereocenters. The molecule has 0 bridgehead atoms. The molecule has 2 rings (SSSR count). The van der Waals surface area contributed by atoms with Crippen LogP contribution >= 0.6 is 0 Å². The predicted octanol–water partition coefficient (Wildman–Crippen LogP) is 3.69. The van der Waals surface area contributed by atoms with Gasteiger partial charge in [0, 0.05) is 10.9 Å². The minimum Gasteiger partial charge on any atom is -0.456 e. The van der Waals surface area contributed by atoms with Crippen molar-refractivity contribution in [2.75, 3.05) is 13.1 Å². The summed E-state index contributed by atoms with van der Waals surface area (Å²) in [5.74, 6) is 0.281. The van der Waals surface area contributed by atoms with Crippen molar-refractivity contribution in [2.45, 2.75) is 39.3 Å². The molecule has 1 unspecified atom stereocenters. The van der Waals surface area contributed by atoms with E-state index < -0.39 is 0 Å². The lowest BCUT2D eigenvalue weighted by Crippen LogP contribution is -2.51. The van der Waals surface area contributed by atoms with E-state index in [0.29, 0.717) is 5.76 Å². The van der Waals surface area contributed by atoms with E-state index >= 15 is 0 Å². The van der Waals surface area contributed by atoms with Crippen molar-refractivity contribution in [1.29, 1.82) is 0 Å². The number of likely N-dealkylation sites (N-methyl/N-ethyl adjacent to an activating group) is 1. The van der Waals surface area contributed by atoms with Crippen molar-refractivity contribution in [1.82, 2.24) is 4.90 Å². The van der Waals surface area contributed by atoms with E-state index in [1.165, 1.54) is 6.07 Å². The third-order valence-electron chi connectivity index (χ3n) is 4.16. The third kappa shape index (κ3) is 2.45. The van der Waals surface area contributed by atoms with Crippen LogP contribution in [0.15, 0.2) is 28.7 Å². The molecular weight excluding hydrogens is 255 g/mol. The fourth-order valence-corrected chi connectivity index (χ4v) is 2.78. The summed E-state index contributed by atoms with van der Waals surface area (Å²) >= 11 is 0. The van der Waals surface area contributed by atoms with Gasteiger partial charge in [0.1, 0.15) is 5.76 Å². The quantitative estimate of drug-likeness (QED) is 0.907. The topological polar surface area (TPSA) is 42.4 Å². The molecule has 0 fully saturated rings. The molecule has 2 aromatic rings. The molecule has 0 aliphatic rings. The van der Waals surface area contributed by atoms with Gasteiger partial charge in [0.15, 0.2) is 11.4 Å². The molecule has 0 aliphatic heterocycles. The number of benzene rings is 1. The van der Waals surface area contributed by atoms with Gasteiger partial charge < -0.3 is 10.2 Å². The van der Waals surface area contributed by atoms with Crippen LogP contribution in [-0.2, 0) is 0 Å². The van der Waals surface area contributed by atoms with Crippen LogP contribution in [0.4, 0.5) is 4.39 Å². The van der Waals surface area contributed by atoms with Gasteiger partial charge in [0.05, 0.1) is 6.04 Å². The Labute approximate surface area is 119 Å². The van der Waals surface area contributed by atoms with Crippen LogP contribution in [0, 0.1) is 5.82 Å². The zero-order chi connectivity index (χ0) is 14.9. The van der Waals surface area contributed by atoms with Crippen molar-refractivity contribution in [2.24, 2.45) is 5.73 Å². The molecule has 0 saturated heterocycles. The Bertz CT molecular complexity index is 587. The second kappa shape index (κ2) is 5.54. The number of fused-ring (bicyclic) bond motifs is 1. The smallest absolute Gasteiger partial charge is 0.169 e. The second-order valence-electron chi connectivity index (χ2n) is 5.61. The number of rotatable bonds is 5. The summed E-state index contributed by atoms with van der Waals surface area (Å²) in [6.45, 7) is 10.2. The number of nitrogens with two attached hydrogens (primary N) is 1. The summed E-state index contributed by atoms with van der Waals surface area (Å²) in [6.07, 6.45) is 0. The number of para-hydroxylation sites is 1. The van der Waals surface area contributed by atoms with Crippen LogP contribution in [0.5, 0.6) is 0 Å². The molecule has 0 aliphatic carbocycles. The average molecular weight is 278 g/mol. The lowest BCUT2D eigenvalue weighted by molar-refractivity contribution is 0.0989. The summed E-state index contributed by atoms with van der Waals surface area (Å²) < 4.78 is 19.4. The molecule has 0 saturated carbocycles. The van der Waals surface area contributed by atoms with Crippen molar-refractivity contribution < 1.29 is 8.81 Å². The van der Waals surface area contributed by atoms with Gasteiger partial charge in [0.2, 0.25) is 0 Å². The first-order chi connectivity index (χ1) is 9.41. The Hall–Kier alpha value is -1.39. The molecule has 110 valence electrons. The highest BCUT2D eigenvalue weighted by Gasteiger charge is 2.34. The zero-order valence-electron chi connectivity index (χ0n) is 12.6. The van der Waals surface area contributed by atoms with Crippen molar-refractivity contribution >= 4 is 11.0 Å². The Morgan fingerprint density at radius 3 is 2.50 bits per heavy atom. The van der Waals surface area contributed by atoms with Crippen LogP contribution in [0.1, 0.15) is 39.5 Å². The van der Waals surface area contributed by atoms with Gasteiger partial charge in [-0.25, -0.2) is 4.39 Å². The monoisotopic (exact) mass is 278 g/mol. The molecule has 0 amide bonds. The molecule has 1 aromatic carbocycles. The molecule has 0 spiro atoms. The van der Waals surface area contributed by atoms with E-state index in [1.54, 1.807) is 6.07 Å². The van der Waals surface area contributed by atoms with E-state index in [4.69, 9.17) is 10.2 Å². The SMILES string of the molecule is CCN(CC)C(C)(C)C(N)c1cc2cccc(F)c2o1. The van der Waals surface area contributed by atoms with Crippen molar-refractivity contribution in [3.63, 3.8) is 0 Å². The Morgan fingerprint density at radius 2 is 1.95 bits per heavy atom. The molecule has 0 radical (unpaired) electrons. The number of halogens is 1. The summed E-state index contributed by atoms with van der Waals surface area (Å²) in [5.41, 5.74) is 6.41. The number of furan rings is 1. The van der Waals surface area contributed by atoms with Gasteiger partial charge in [-0.15, -0.1) is 0 Å². The number of hydrogen-bond donors (Lipinski definition) is 1. The van der Waals surface area contributed by atoms with Crippen LogP contribution < -0.4 is 5.73 Å². The van der Waals surface area contributed by atoms with Crippen LogP contribution in [0.25, 0.3) is 11.0 Å². The van der Waals surface area contributed by atoms with Gasteiger partial charge in [-0.3, -0.25) is 4.90 Å². The Morgan fingerprint density at radius 1 is 1.30 bits per heavy atom. The summed E-state index contributed by atoms with van der Waals surface area (Å²) in [4.78, 5) is 2.28. The maximum atomic E-state index is 13.7. The maximum Gasteiger partial charge on any atom is 0.169 e. The standard InChI is InChI=1S/C16H23FN2O/c1-5-19(6-2)16(3,4)15(18)13-10-11-8-7-9-12(17)14(11)20-13/h7-10,15H,5-6,18H2,1-4H3. The largest absolute Gasteiger partial charge is 0.456 e. The van der Waals surface area contributed by atoms with Crippen LogP contribution in [0.3, 0.4) is 0 Å². The molecule has 2 N–H and O–H groups in total. The predicted molar refractivity (Wildman–Crippen MR) is 80.1 cm³/mol. The summed E-state index contributed by atoms with van der Waals surface area (Å²) in [7, 11) is 0. The number of nitrogens with zero attached hydrogens (tertiary/aromatic N) is 1. The van der Waals surface area contributed by atoms with Gasteiger partial charge in [-0.05, 0) is 39.1 Å². The van der Waals surface area contributed by atoms with Gasteiger partial charge in [0.25, 0.3) is 0 Å². The van der Waals surface area contributed by atoms with E-state index in [2.05, 4.69) is 32.6 Å². The third-order valence-corrected chi connectivity index (χ3v) is 4.16. The Balaban J connectivity index is 2.40. The van der Waals surface area contributed by atoms with Crippen LogP contribution in [-0.4, -0.2) is 23.5 Å². The van der Waals surface area contributed by atoms with E-state index in [1.807, 2.05) is 12.1 Å². The van der Waals surface area contributed by atoms with Gasteiger partial charge in [-0.2, -0.15) is 0 Å². The summed E-state index contributed by atoms with van der Waals surface area (Å²) in [5, 5.41) is 0.755. The molecular formula is C16H23FN2O. The normalized spacial score (nSPS) is 14.2. The number of hydrogen-bond acceptors (Lipinski definition) is 3. The zero-order valence-corrected chi connectivity index (χ0v) is 12.6. The second-order valence-corrected chi connectivity index (χ2v) is 5.61. The first kappa shape index (κ1) is 15.0. The first-order valence-corrected chi connectivity index (χ1v) is 7.10.